The zero-order valence-electron chi connectivity index (χ0n) is 7.56. The third kappa shape index (κ3) is 6.60. The molecule has 1 unspecified atom stereocenters. The summed E-state index contributed by atoms with van der Waals surface area (Å²) in [4.78, 5) is 0.479. The van der Waals surface area contributed by atoms with Crippen molar-refractivity contribution in [2.45, 2.75) is 24.7 Å². The Hall–Kier alpha value is 1.10. The van der Waals surface area contributed by atoms with Crippen LogP contribution in [-0.2, 0) is 8.85 Å². The lowest BCUT2D eigenvalue weighted by atomic mass is 10.6. The summed E-state index contributed by atoms with van der Waals surface area (Å²) in [6.07, 6.45) is 0. The van der Waals surface area contributed by atoms with Crippen LogP contribution in [0.1, 0.15) is 13.8 Å². The van der Waals surface area contributed by atoms with Gasteiger partial charge in [0.1, 0.15) is 0 Å². The molecule has 74 valence electrons. The van der Waals surface area contributed by atoms with Crippen LogP contribution in [0.25, 0.3) is 0 Å². The highest BCUT2D eigenvalue weighted by Gasteiger charge is 2.16. The van der Waals surface area contributed by atoms with Gasteiger partial charge in [-0.25, -0.2) is 0 Å². The third-order valence-corrected chi connectivity index (χ3v) is 6.72. The van der Waals surface area contributed by atoms with E-state index in [1.54, 1.807) is 0 Å². The summed E-state index contributed by atoms with van der Waals surface area (Å²) in [5.74, 6) is 0. The van der Waals surface area contributed by atoms with Crippen LogP contribution in [-0.4, -0.2) is 32.7 Å². The van der Waals surface area contributed by atoms with Gasteiger partial charge in [-0.05, 0) is 13.8 Å². The van der Waals surface area contributed by atoms with Crippen LogP contribution in [0, 0.1) is 0 Å². The maximum atomic E-state index is 5.52. The van der Waals surface area contributed by atoms with Gasteiger partial charge in [0.15, 0.2) is 0 Å². The van der Waals surface area contributed by atoms with Gasteiger partial charge in [-0.1, -0.05) is 31.9 Å². The molecule has 12 heavy (non-hydrogen) atoms. The molecule has 0 fully saturated rings. The summed E-state index contributed by atoms with van der Waals surface area (Å²) < 4.78 is 11.0. The number of hydrogen-bond donors (Lipinski definition) is 0. The Bertz CT molecular complexity index is 99.4. The van der Waals surface area contributed by atoms with E-state index in [0.29, 0.717) is 4.83 Å². The SMILES string of the molecule is CCO[SiH](CC(Br)CBr)OCC. The predicted molar refractivity (Wildman–Crippen MR) is 61.7 cm³/mol. The smallest absolute Gasteiger partial charge is 0.322 e. The van der Waals surface area contributed by atoms with Crippen LogP contribution < -0.4 is 0 Å². The summed E-state index contributed by atoms with van der Waals surface area (Å²) in [6.45, 7) is 5.55. The van der Waals surface area contributed by atoms with E-state index >= 15 is 0 Å². The van der Waals surface area contributed by atoms with Crippen molar-refractivity contribution < 1.29 is 8.85 Å². The Kier molecular flexibility index (Phi) is 9.48. The highest BCUT2D eigenvalue weighted by molar-refractivity contribution is 9.12. The van der Waals surface area contributed by atoms with Crippen LogP contribution in [0.5, 0.6) is 0 Å². The summed E-state index contributed by atoms with van der Waals surface area (Å²) in [5.41, 5.74) is 0. The minimum atomic E-state index is -1.39. The van der Waals surface area contributed by atoms with Gasteiger partial charge in [0.2, 0.25) is 0 Å². The number of halogens is 2. The molecule has 0 bridgehead atoms. The van der Waals surface area contributed by atoms with Crippen molar-refractivity contribution in [3.8, 4) is 0 Å². The van der Waals surface area contributed by atoms with E-state index in [-0.39, 0.29) is 0 Å². The van der Waals surface area contributed by atoms with E-state index in [0.717, 1.165) is 24.6 Å². The Balaban J connectivity index is 3.61. The second-order valence-corrected chi connectivity index (χ2v) is 6.27. The van der Waals surface area contributed by atoms with Crippen molar-refractivity contribution in [1.82, 2.24) is 0 Å². The van der Waals surface area contributed by atoms with Gasteiger partial charge in [-0.3, -0.25) is 0 Å². The van der Waals surface area contributed by atoms with E-state index in [1.807, 2.05) is 13.8 Å². The quantitative estimate of drug-likeness (QED) is 0.530. The molecular formula is C7H16Br2O2Si. The first-order chi connectivity index (χ1) is 5.74. The minimum Gasteiger partial charge on any atom is -0.397 e. The largest absolute Gasteiger partial charge is 0.397 e. The average Bonchev–Trinajstić information content (AvgIpc) is 2.05. The molecule has 0 aromatic carbocycles. The predicted octanol–water partition coefficient (Wildman–Crippen LogP) is 2.44. The molecule has 0 saturated carbocycles. The monoisotopic (exact) mass is 318 g/mol. The van der Waals surface area contributed by atoms with Gasteiger partial charge in [0.25, 0.3) is 0 Å². The molecule has 0 N–H and O–H groups in total. The second-order valence-electron chi connectivity index (χ2n) is 2.33. The Morgan fingerprint density at radius 1 is 1.25 bits per heavy atom. The molecule has 2 nitrogen and oxygen atoms in total. The van der Waals surface area contributed by atoms with Crippen LogP contribution in [0.2, 0.25) is 6.04 Å². The molecule has 1 atom stereocenters. The van der Waals surface area contributed by atoms with Crippen molar-refractivity contribution in [1.29, 1.82) is 0 Å². The van der Waals surface area contributed by atoms with E-state index in [4.69, 9.17) is 8.85 Å². The normalized spacial score (nSPS) is 13.8. The molecule has 0 aromatic heterocycles. The maximum absolute atomic E-state index is 5.52. The van der Waals surface area contributed by atoms with Gasteiger partial charge in [-0.2, -0.15) is 0 Å². The van der Waals surface area contributed by atoms with Gasteiger partial charge in [0.05, 0.1) is 0 Å². The average molecular weight is 320 g/mol. The van der Waals surface area contributed by atoms with Crippen molar-refractivity contribution in [3.63, 3.8) is 0 Å². The van der Waals surface area contributed by atoms with E-state index < -0.39 is 9.28 Å². The lowest BCUT2D eigenvalue weighted by Crippen LogP contribution is -2.26. The molecule has 0 amide bonds. The van der Waals surface area contributed by atoms with Gasteiger partial charge < -0.3 is 8.85 Å². The highest BCUT2D eigenvalue weighted by Crippen LogP contribution is 2.13. The Morgan fingerprint density at radius 3 is 2.08 bits per heavy atom. The summed E-state index contributed by atoms with van der Waals surface area (Å²) in [7, 11) is -1.39. The minimum absolute atomic E-state index is 0.479. The molecule has 0 aliphatic heterocycles. The van der Waals surface area contributed by atoms with Gasteiger partial charge in [-0.15, -0.1) is 0 Å². The first-order valence-corrected chi connectivity index (χ1v) is 7.97. The molecule has 0 aliphatic rings. The second kappa shape index (κ2) is 8.68. The van der Waals surface area contributed by atoms with Gasteiger partial charge >= 0.3 is 9.28 Å². The fourth-order valence-electron chi connectivity index (χ4n) is 0.828. The molecule has 0 aliphatic carbocycles. The van der Waals surface area contributed by atoms with Crippen molar-refractivity contribution in [3.05, 3.63) is 0 Å². The Labute approximate surface area is 93.1 Å². The topological polar surface area (TPSA) is 18.5 Å². The van der Waals surface area contributed by atoms with Crippen LogP contribution in [0.15, 0.2) is 0 Å². The molecule has 0 spiro atoms. The molecular weight excluding hydrogens is 304 g/mol. The van der Waals surface area contributed by atoms with Crippen molar-refractivity contribution in [2.24, 2.45) is 0 Å². The van der Waals surface area contributed by atoms with Gasteiger partial charge in [0, 0.05) is 29.4 Å². The first-order valence-electron chi connectivity index (χ1n) is 4.17. The van der Waals surface area contributed by atoms with E-state index in [1.165, 1.54) is 0 Å². The van der Waals surface area contributed by atoms with Crippen molar-refractivity contribution >= 4 is 41.1 Å². The standard InChI is InChI=1S/C7H16Br2O2Si/c1-3-10-12(11-4-2)6-7(9)5-8/h7,12H,3-6H2,1-2H3. The molecule has 0 heterocycles. The Morgan fingerprint density at radius 2 is 1.75 bits per heavy atom. The number of rotatable bonds is 7. The fraction of sp³-hybridized carbons (Fsp3) is 1.00. The zero-order valence-corrected chi connectivity index (χ0v) is 11.9. The van der Waals surface area contributed by atoms with Crippen LogP contribution in [0.3, 0.4) is 0 Å². The van der Waals surface area contributed by atoms with Crippen molar-refractivity contribution in [2.75, 3.05) is 18.5 Å². The summed E-state index contributed by atoms with van der Waals surface area (Å²) in [6, 6.07) is 1.02. The van der Waals surface area contributed by atoms with E-state index in [2.05, 4.69) is 31.9 Å². The molecule has 0 saturated heterocycles. The summed E-state index contributed by atoms with van der Waals surface area (Å²) in [5, 5.41) is 0.955. The summed E-state index contributed by atoms with van der Waals surface area (Å²) >= 11 is 6.95. The number of alkyl halides is 2. The zero-order chi connectivity index (χ0) is 9.40. The molecule has 0 aromatic rings. The maximum Gasteiger partial charge on any atom is 0.322 e. The van der Waals surface area contributed by atoms with E-state index in [9.17, 15) is 0 Å². The molecule has 5 heteroatoms. The van der Waals surface area contributed by atoms with Crippen LogP contribution in [0.4, 0.5) is 0 Å². The molecule has 0 rings (SSSR count). The van der Waals surface area contributed by atoms with Crippen LogP contribution >= 0.6 is 31.9 Å². The third-order valence-electron chi connectivity index (χ3n) is 1.32. The number of hydrogen-bond acceptors (Lipinski definition) is 2. The fourth-order valence-corrected chi connectivity index (χ4v) is 4.19. The molecule has 0 radical (unpaired) electrons. The lowest BCUT2D eigenvalue weighted by Gasteiger charge is -2.16. The lowest BCUT2D eigenvalue weighted by molar-refractivity contribution is 0.214. The highest BCUT2D eigenvalue weighted by atomic mass is 79.9. The first kappa shape index (κ1) is 13.1.